The molecule has 1 saturated heterocycles. The highest BCUT2D eigenvalue weighted by Gasteiger charge is 2.20. The summed E-state index contributed by atoms with van der Waals surface area (Å²) in [6.07, 6.45) is 2.53. The van der Waals surface area contributed by atoms with E-state index in [1.807, 2.05) is 25.2 Å². The highest BCUT2D eigenvalue weighted by Crippen LogP contribution is 2.30. The molecule has 4 heteroatoms. The van der Waals surface area contributed by atoms with Crippen LogP contribution >= 0.6 is 15.9 Å². The quantitative estimate of drug-likeness (QED) is 0.933. The van der Waals surface area contributed by atoms with Gasteiger partial charge in [0, 0.05) is 17.6 Å². The van der Waals surface area contributed by atoms with Gasteiger partial charge in [-0.05, 0) is 66.5 Å². The van der Waals surface area contributed by atoms with Gasteiger partial charge in [0.2, 0.25) is 0 Å². The Hall–Kier alpha value is -1.05. The fraction of sp³-hybridized carbons (Fsp3) is 0.500. The first-order chi connectivity index (χ1) is 8.74. The van der Waals surface area contributed by atoms with Crippen molar-refractivity contribution >= 4 is 21.6 Å². The standard InChI is InChI=1S/C14H18BrN3/c1-17-9-12-3-2-6-18(10-12)14-5-4-11(8-16)7-13(14)15/h4-5,7,12,17H,2-3,6,9-10H2,1H3. The summed E-state index contributed by atoms with van der Waals surface area (Å²) in [5.74, 6) is 0.714. The summed E-state index contributed by atoms with van der Waals surface area (Å²) in [6.45, 7) is 3.26. The molecular weight excluding hydrogens is 290 g/mol. The second kappa shape index (κ2) is 6.21. The number of rotatable bonds is 3. The van der Waals surface area contributed by atoms with E-state index in [2.05, 4.69) is 32.2 Å². The van der Waals surface area contributed by atoms with Crippen LogP contribution in [0.15, 0.2) is 22.7 Å². The third-order valence-corrected chi connectivity index (χ3v) is 4.06. The van der Waals surface area contributed by atoms with Crippen molar-refractivity contribution in [2.45, 2.75) is 12.8 Å². The van der Waals surface area contributed by atoms with E-state index >= 15 is 0 Å². The van der Waals surface area contributed by atoms with Gasteiger partial charge in [-0.15, -0.1) is 0 Å². The van der Waals surface area contributed by atoms with Crippen molar-refractivity contribution in [2.75, 3.05) is 31.6 Å². The molecule has 1 heterocycles. The third-order valence-electron chi connectivity index (χ3n) is 3.43. The second-order valence-corrected chi connectivity index (χ2v) is 5.64. The van der Waals surface area contributed by atoms with Crippen LogP contribution in [0.4, 0.5) is 5.69 Å². The summed E-state index contributed by atoms with van der Waals surface area (Å²) >= 11 is 3.57. The van der Waals surface area contributed by atoms with E-state index in [-0.39, 0.29) is 0 Å². The topological polar surface area (TPSA) is 39.1 Å². The number of hydrogen-bond donors (Lipinski definition) is 1. The lowest BCUT2D eigenvalue weighted by atomic mass is 9.97. The molecule has 1 aliphatic rings. The zero-order valence-electron chi connectivity index (χ0n) is 10.6. The molecule has 1 aliphatic heterocycles. The Morgan fingerprint density at radius 2 is 2.39 bits per heavy atom. The molecule has 1 unspecified atom stereocenters. The van der Waals surface area contributed by atoms with Crippen molar-refractivity contribution in [1.29, 1.82) is 5.26 Å². The molecule has 0 saturated carbocycles. The lowest BCUT2D eigenvalue weighted by Crippen LogP contribution is -2.39. The highest BCUT2D eigenvalue weighted by atomic mass is 79.9. The number of halogens is 1. The molecule has 0 radical (unpaired) electrons. The Labute approximate surface area is 117 Å². The molecule has 1 aromatic carbocycles. The van der Waals surface area contributed by atoms with Crippen LogP contribution in [0.5, 0.6) is 0 Å². The van der Waals surface area contributed by atoms with E-state index in [0.717, 1.165) is 24.1 Å². The molecule has 0 bridgehead atoms. The average molecular weight is 308 g/mol. The van der Waals surface area contributed by atoms with Crippen LogP contribution in [0.25, 0.3) is 0 Å². The van der Waals surface area contributed by atoms with E-state index < -0.39 is 0 Å². The van der Waals surface area contributed by atoms with Gasteiger partial charge in [0.05, 0.1) is 17.3 Å². The normalized spacial score (nSPS) is 19.6. The van der Waals surface area contributed by atoms with Crippen molar-refractivity contribution in [3.63, 3.8) is 0 Å². The monoisotopic (exact) mass is 307 g/mol. The number of benzene rings is 1. The zero-order valence-corrected chi connectivity index (χ0v) is 12.2. The predicted molar refractivity (Wildman–Crippen MR) is 77.7 cm³/mol. The van der Waals surface area contributed by atoms with Crippen molar-refractivity contribution in [2.24, 2.45) is 5.92 Å². The third kappa shape index (κ3) is 3.04. The highest BCUT2D eigenvalue weighted by molar-refractivity contribution is 9.10. The molecule has 0 aromatic heterocycles. The van der Waals surface area contributed by atoms with E-state index in [1.165, 1.54) is 18.5 Å². The van der Waals surface area contributed by atoms with Gasteiger partial charge < -0.3 is 10.2 Å². The number of anilines is 1. The first kappa shape index (κ1) is 13.4. The maximum Gasteiger partial charge on any atom is 0.0992 e. The number of nitriles is 1. The summed E-state index contributed by atoms with van der Waals surface area (Å²) in [4.78, 5) is 2.41. The van der Waals surface area contributed by atoms with Gasteiger partial charge in [-0.25, -0.2) is 0 Å². The molecule has 1 fully saturated rings. The van der Waals surface area contributed by atoms with Crippen LogP contribution in [-0.2, 0) is 0 Å². The van der Waals surface area contributed by atoms with Crippen LogP contribution in [0.1, 0.15) is 18.4 Å². The predicted octanol–water partition coefficient (Wildman–Crippen LogP) is 2.76. The molecule has 0 spiro atoms. The Kier molecular flexibility index (Phi) is 4.62. The van der Waals surface area contributed by atoms with Crippen LogP contribution in [0.3, 0.4) is 0 Å². The summed E-state index contributed by atoms with van der Waals surface area (Å²) in [5, 5.41) is 12.1. The molecule has 1 N–H and O–H groups in total. The number of hydrogen-bond acceptors (Lipinski definition) is 3. The maximum absolute atomic E-state index is 8.88. The Bertz CT molecular complexity index is 451. The summed E-state index contributed by atoms with van der Waals surface area (Å²) in [6, 6.07) is 8.00. The van der Waals surface area contributed by atoms with E-state index in [4.69, 9.17) is 5.26 Å². The summed E-state index contributed by atoms with van der Waals surface area (Å²) in [7, 11) is 2.01. The van der Waals surface area contributed by atoms with Crippen molar-refractivity contribution in [3.8, 4) is 6.07 Å². The minimum absolute atomic E-state index is 0.703. The van der Waals surface area contributed by atoms with E-state index in [1.54, 1.807) is 0 Å². The molecule has 0 aliphatic carbocycles. The largest absolute Gasteiger partial charge is 0.370 e. The zero-order chi connectivity index (χ0) is 13.0. The molecule has 2 rings (SSSR count). The molecule has 96 valence electrons. The lowest BCUT2D eigenvalue weighted by molar-refractivity contribution is 0.402. The Balaban J connectivity index is 2.13. The molecule has 1 aromatic rings. The molecule has 18 heavy (non-hydrogen) atoms. The van der Waals surface area contributed by atoms with Gasteiger partial charge >= 0.3 is 0 Å². The molecule has 3 nitrogen and oxygen atoms in total. The summed E-state index contributed by atoms with van der Waals surface area (Å²) in [5.41, 5.74) is 1.91. The molecular formula is C14H18BrN3. The van der Waals surface area contributed by atoms with E-state index in [0.29, 0.717) is 11.5 Å². The van der Waals surface area contributed by atoms with Crippen LogP contribution in [0, 0.1) is 17.2 Å². The minimum Gasteiger partial charge on any atom is -0.370 e. The van der Waals surface area contributed by atoms with Crippen molar-refractivity contribution in [3.05, 3.63) is 28.2 Å². The lowest BCUT2D eigenvalue weighted by Gasteiger charge is -2.35. The fourth-order valence-corrected chi connectivity index (χ4v) is 3.20. The molecule has 0 amide bonds. The van der Waals surface area contributed by atoms with Gasteiger partial charge in [0.25, 0.3) is 0 Å². The second-order valence-electron chi connectivity index (χ2n) is 4.79. The number of nitrogens with zero attached hydrogens (tertiary/aromatic N) is 2. The smallest absolute Gasteiger partial charge is 0.0992 e. The van der Waals surface area contributed by atoms with Gasteiger partial charge in [-0.3, -0.25) is 0 Å². The van der Waals surface area contributed by atoms with Crippen LogP contribution < -0.4 is 10.2 Å². The first-order valence-electron chi connectivity index (χ1n) is 6.33. The van der Waals surface area contributed by atoms with E-state index in [9.17, 15) is 0 Å². The number of nitrogens with one attached hydrogen (secondary N) is 1. The van der Waals surface area contributed by atoms with Gasteiger partial charge in [0.1, 0.15) is 0 Å². The van der Waals surface area contributed by atoms with Crippen molar-refractivity contribution in [1.82, 2.24) is 5.32 Å². The van der Waals surface area contributed by atoms with Gasteiger partial charge in [-0.2, -0.15) is 5.26 Å². The first-order valence-corrected chi connectivity index (χ1v) is 7.13. The maximum atomic E-state index is 8.88. The Morgan fingerprint density at radius 1 is 1.56 bits per heavy atom. The minimum atomic E-state index is 0.703. The van der Waals surface area contributed by atoms with Crippen LogP contribution in [0.2, 0.25) is 0 Å². The summed E-state index contributed by atoms with van der Waals surface area (Å²) < 4.78 is 1.02. The SMILES string of the molecule is CNCC1CCCN(c2ccc(C#N)cc2Br)C1. The van der Waals surface area contributed by atoms with Crippen molar-refractivity contribution < 1.29 is 0 Å². The van der Waals surface area contributed by atoms with Gasteiger partial charge in [-0.1, -0.05) is 0 Å². The van der Waals surface area contributed by atoms with Gasteiger partial charge in [0.15, 0.2) is 0 Å². The van der Waals surface area contributed by atoms with Crippen LogP contribution in [-0.4, -0.2) is 26.7 Å². The molecule has 1 atom stereocenters. The number of piperidine rings is 1. The average Bonchev–Trinajstić information content (AvgIpc) is 2.39. The Morgan fingerprint density at radius 3 is 3.06 bits per heavy atom. The fourth-order valence-electron chi connectivity index (χ4n) is 2.57.